The van der Waals surface area contributed by atoms with Gasteiger partial charge in [0.2, 0.25) is 0 Å². The lowest BCUT2D eigenvalue weighted by atomic mass is 9.76. The van der Waals surface area contributed by atoms with Crippen LogP contribution in [0.4, 0.5) is 4.79 Å². The molecule has 21 heavy (non-hydrogen) atoms. The van der Waals surface area contributed by atoms with Gasteiger partial charge in [-0.15, -0.1) is 0 Å². The molecule has 0 aromatic rings. The van der Waals surface area contributed by atoms with Crippen molar-refractivity contribution in [1.29, 1.82) is 0 Å². The highest BCUT2D eigenvalue weighted by atomic mass is 16.2. The van der Waals surface area contributed by atoms with E-state index in [0.29, 0.717) is 0 Å². The third-order valence-electron chi connectivity index (χ3n) is 4.59. The SMILES string of the molecule is CC1(C(=O)CNNC(N)=O)CCCCCCCCCCC1. The summed E-state index contributed by atoms with van der Waals surface area (Å²) in [5.41, 5.74) is 9.60. The number of amides is 2. The third-order valence-corrected chi connectivity index (χ3v) is 4.59. The fourth-order valence-electron chi connectivity index (χ4n) is 3.10. The van der Waals surface area contributed by atoms with Crippen LogP contribution in [0, 0.1) is 5.41 Å². The second-order valence-electron chi connectivity index (χ2n) is 6.51. The molecule has 0 saturated heterocycles. The van der Waals surface area contributed by atoms with E-state index in [1.807, 2.05) is 0 Å². The minimum absolute atomic E-state index is 0.152. The number of rotatable bonds is 4. The zero-order valence-electron chi connectivity index (χ0n) is 13.4. The molecule has 1 fully saturated rings. The lowest BCUT2D eigenvalue weighted by molar-refractivity contribution is -0.128. The summed E-state index contributed by atoms with van der Waals surface area (Å²) in [6.07, 6.45) is 13.1. The van der Waals surface area contributed by atoms with Crippen molar-refractivity contribution in [1.82, 2.24) is 10.9 Å². The van der Waals surface area contributed by atoms with Crippen molar-refractivity contribution in [3.63, 3.8) is 0 Å². The molecule has 1 saturated carbocycles. The Labute approximate surface area is 128 Å². The number of Topliss-reactive ketones (excluding diaryl/α,β-unsaturated/α-hetero) is 1. The van der Waals surface area contributed by atoms with Crippen molar-refractivity contribution in [2.24, 2.45) is 11.1 Å². The molecule has 122 valence electrons. The van der Waals surface area contributed by atoms with Crippen molar-refractivity contribution in [2.75, 3.05) is 6.54 Å². The van der Waals surface area contributed by atoms with Crippen LogP contribution in [0.2, 0.25) is 0 Å². The van der Waals surface area contributed by atoms with Gasteiger partial charge in [0, 0.05) is 5.41 Å². The number of hydrazine groups is 1. The summed E-state index contributed by atoms with van der Waals surface area (Å²) in [5, 5.41) is 0. The van der Waals surface area contributed by atoms with Gasteiger partial charge in [-0.25, -0.2) is 10.2 Å². The third kappa shape index (κ3) is 7.46. The molecule has 1 rings (SSSR count). The second kappa shape index (κ2) is 9.77. The van der Waals surface area contributed by atoms with Crippen molar-refractivity contribution in [2.45, 2.75) is 77.6 Å². The maximum absolute atomic E-state index is 12.5. The molecule has 5 nitrogen and oxygen atoms in total. The quantitative estimate of drug-likeness (QED) is 0.697. The average molecular weight is 297 g/mol. The number of ketones is 1. The number of nitrogens with one attached hydrogen (secondary N) is 2. The highest BCUT2D eigenvalue weighted by Gasteiger charge is 2.31. The van der Waals surface area contributed by atoms with Crippen LogP contribution in [0.3, 0.4) is 0 Å². The minimum atomic E-state index is -0.661. The molecule has 0 radical (unpaired) electrons. The first-order chi connectivity index (χ1) is 10.0. The Bertz CT molecular complexity index is 319. The number of hydrogen-bond donors (Lipinski definition) is 3. The topological polar surface area (TPSA) is 84.2 Å². The summed E-state index contributed by atoms with van der Waals surface area (Å²) < 4.78 is 0. The standard InChI is InChI=1S/C16H31N3O2/c1-16(14(20)13-18-19-15(17)21)11-9-7-5-3-2-4-6-8-10-12-16/h18H,2-13H2,1H3,(H3,17,19,21). The van der Waals surface area contributed by atoms with Gasteiger partial charge in [0.15, 0.2) is 5.78 Å². The Morgan fingerprint density at radius 1 is 0.905 bits per heavy atom. The van der Waals surface area contributed by atoms with Crippen LogP contribution in [-0.4, -0.2) is 18.4 Å². The molecule has 1 aliphatic rings. The predicted molar refractivity (Wildman–Crippen MR) is 84.6 cm³/mol. The smallest absolute Gasteiger partial charge is 0.326 e. The summed E-state index contributed by atoms with van der Waals surface area (Å²) >= 11 is 0. The number of urea groups is 1. The predicted octanol–water partition coefficient (Wildman–Crippen LogP) is 3.04. The van der Waals surface area contributed by atoms with E-state index in [9.17, 15) is 9.59 Å². The average Bonchev–Trinajstić information content (AvgIpc) is 2.42. The molecule has 0 atom stereocenters. The van der Waals surface area contributed by atoms with Crippen LogP contribution >= 0.6 is 0 Å². The van der Waals surface area contributed by atoms with Gasteiger partial charge in [0.05, 0.1) is 6.54 Å². The lowest BCUT2D eigenvalue weighted by Gasteiger charge is -2.29. The fraction of sp³-hybridized carbons (Fsp3) is 0.875. The highest BCUT2D eigenvalue weighted by Crippen LogP contribution is 2.33. The monoisotopic (exact) mass is 297 g/mol. The molecular formula is C16H31N3O2. The van der Waals surface area contributed by atoms with E-state index in [4.69, 9.17) is 5.73 Å². The molecule has 0 aliphatic heterocycles. The molecule has 1 aliphatic carbocycles. The van der Waals surface area contributed by atoms with Gasteiger partial charge < -0.3 is 5.73 Å². The van der Waals surface area contributed by atoms with E-state index in [1.165, 1.54) is 44.9 Å². The fourth-order valence-corrected chi connectivity index (χ4v) is 3.10. The van der Waals surface area contributed by atoms with Crippen molar-refractivity contribution in [3.05, 3.63) is 0 Å². The molecule has 0 aromatic heterocycles. The number of primary amides is 1. The Hall–Kier alpha value is -1.10. The number of nitrogens with two attached hydrogens (primary N) is 1. The Morgan fingerprint density at radius 3 is 1.76 bits per heavy atom. The molecule has 0 bridgehead atoms. The molecule has 5 heteroatoms. The van der Waals surface area contributed by atoms with Crippen molar-refractivity contribution in [3.8, 4) is 0 Å². The van der Waals surface area contributed by atoms with Gasteiger partial charge >= 0.3 is 6.03 Å². The first kappa shape index (κ1) is 18.0. The Morgan fingerprint density at radius 2 is 1.33 bits per heavy atom. The van der Waals surface area contributed by atoms with Crippen molar-refractivity contribution < 1.29 is 9.59 Å². The van der Waals surface area contributed by atoms with E-state index >= 15 is 0 Å². The van der Waals surface area contributed by atoms with Gasteiger partial charge in [0.1, 0.15) is 0 Å². The molecule has 0 aromatic carbocycles. The number of hydrogen-bond acceptors (Lipinski definition) is 3. The van der Waals surface area contributed by atoms with E-state index in [1.54, 1.807) is 0 Å². The zero-order valence-corrected chi connectivity index (χ0v) is 13.4. The van der Waals surface area contributed by atoms with Gasteiger partial charge in [-0.05, 0) is 12.8 Å². The van der Waals surface area contributed by atoms with E-state index in [2.05, 4.69) is 17.8 Å². The van der Waals surface area contributed by atoms with Gasteiger partial charge in [-0.3, -0.25) is 10.2 Å². The van der Waals surface area contributed by atoms with Crippen LogP contribution < -0.4 is 16.6 Å². The molecule has 4 N–H and O–H groups in total. The van der Waals surface area contributed by atoms with Gasteiger partial charge in [-0.2, -0.15) is 0 Å². The molecule has 2 amide bonds. The molecular weight excluding hydrogens is 266 g/mol. The lowest BCUT2D eigenvalue weighted by Crippen LogP contribution is -2.46. The van der Waals surface area contributed by atoms with Gasteiger partial charge in [0.25, 0.3) is 0 Å². The van der Waals surface area contributed by atoms with Crippen LogP contribution in [-0.2, 0) is 4.79 Å². The summed E-state index contributed by atoms with van der Waals surface area (Å²) in [6.45, 7) is 2.23. The second-order valence-corrected chi connectivity index (χ2v) is 6.51. The normalized spacial score (nSPS) is 20.8. The molecule has 0 unspecified atom stereocenters. The summed E-state index contributed by atoms with van der Waals surface area (Å²) in [4.78, 5) is 23.1. The summed E-state index contributed by atoms with van der Waals surface area (Å²) in [7, 11) is 0. The van der Waals surface area contributed by atoms with Gasteiger partial charge in [-0.1, -0.05) is 64.7 Å². The van der Waals surface area contributed by atoms with Crippen LogP contribution in [0.5, 0.6) is 0 Å². The number of carbonyl (C=O) groups excluding carboxylic acids is 2. The molecule has 0 heterocycles. The largest absolute Gasteiger partial charge is 0.351 e. The Kier molecular flexibility index (Phi) is 8.35. The minimum Gasteiger partial charge on any atom is -0.351 e. The van der Waals surface area contributed by atoms with E-state index in [0.717, 1.165) is 25.7 Å². The van der Waals surface area contributed by atoms with Crippen LogP contribution in [0.15, 0.2) is 0 Å². The zero-order chi connectivity index (χ0) is 15.6. The first-order valence-electron chi connectivity index (χ1n) is 8.36. The Balaban J connectivity index is 2.49. The van der Waals surface area contributed by atoms with Crippen LogP contribution in [0.25, 0.3) is 0 Å². The summed E-state index contributed by atoms with van der Waals surface area (Å²) in [5.74, 6) is 0.174. The van der Waals surface area contributed by atoms with Crippen LogP contribution in [0.1, 0.15) is 77.6 Å². The molecule has 0 spiro atoms. The van der Waals surface area contributed by atoms with E-state index < -0.39 is 6.03 Å². The van der Waals surface area contributed by atoms with Crippen molar-refractivity contribution >= 4 is 11.8 Å². The summed E-state index contributed by atoms with van der Waals surface area (Å²) in [6, 6.07) is -0.661. The highest BCUT2D eigenvalue weighted by molar-refractivity contribution is 5.86. The number of carbonyl (C=O) groups is 2. The maximum atomic E-state index is 12.5. The van der Waals surface area contributed by atoms with E-state index in [-0.39, 0.29) is 17.7 Å². The first-order valence-corrected chi connectivity index (χ1v) is 8.36. The maximum Gasteiger partial charge on any atom is 0.326 e.